The number of rotatable bonds is 4. The van der Waals surface area contributed by atoms with Gasteiger partial charge in [-0.15, -0.1) is 11.6 Å². The minimum atomic E-state index is 0.334. The summed E-state index contributed by atoms with van der Waals surface area (Å²) < 4.78 is 0. The zero-order chi connectivity index (χ0) is 12.3. The van der Waals surface area contributed by atoms with E-state index in [9.17, 15) is 0 Å². The highest BCUT2D eigenvalue weighted by atomic mass is 35.5. The molecular formula is C12H20ClN3. The fourth-order valence-electron chi connectivity index (χ4n) is 1.38. The molecule has 90 valence electrons. The Kier molecular flexibility index (Phi) is 4.54. The van der Waals surface area contributed by atoms with Crippen molar-refractivity contribution < 1.29 is 0 Å². The van der Waals surface area contributed by atoms with Gasteiger partial charge in [0.25, 0.3) is 0 Å². The summed E-state index contributed by atoms with van der Waals surface area (Å²) >= 11 is 5.94. The first-order valence-corrected chi connectivity index (χ1v) is 6.15. The normalized spacial score (nSPS) is 11.2. The average Bonchev–Trinajstić information content (AvgIpc) is 2.26. The lowest BCUT2D eigenvalue weighted by molar-refractivity contribution is 0.726. The molecule has 0 unspecified atom stereocenters. The fourth-order valence-corrected chi connectivity index (χ4v) is 1.57. The second-order valence-corrected chi connectivity index (χ2v) is 4.82. The van der Waals surface area contributed by atoms with Gasteiger partial charge in [-0.3, -0.25) is 0 Å². The van der Waals surface area contributed by atoms with Gasteiger partial charge in [0.2, 0.25) is 0 Å². The molecule has 0 aromatic carbocycles. The van der Waals surface area contributed by atoms with Crippen LogP contribution in [-0.4, -0.2) is 23.1 Å². The smallest absolute Gasteiger partial charge is 0.131 e. The van der Waals surface area contributed by atoms with Crippen molar-refractivity contribution in [1.29, 1.82) is 0 Å². The number of hydrogen-bond acceptors (Lipinski definition) is 3. The van der Waals surface area contributed by atoms with Gasteiger partial charge in [0.15, 0.2) is 0 Å². The molecule has 16 heavy (non-hydrogen) atoms. The first kappa shape index (κ1) is 13.2. The monoisotopic (exact) mass is 241 g/mol. The molecule has 0 atom stereocenters. The van der Waals surface area contributed by atoms with Gasteiger partial charge in [0.1, 0.15) is 5.82 Å². The fraction of sp³-hybridized carbons (Fsp3) is 0.667. The molecule has 1 aromatic heterocycles. The molecule has 0 spiro atoms. The minimum absolute atomic E-state index is 0.334. The third kappa shape index (κ3) is 2.85. The number of halogens is 1. The molecule has 3 nitrogen and oxygen atoms in total. The molecular weight excluding hydrogens is 222 g/mol. The molecule has 0 bridgehead atoms. The van der Waals surface area contributed by atoms with Crippen molar-refractivity contribution in [2.75, 3.05) is 11.9 Å². The van der Waals surface area contributed by atoms with Crippen molar-refractivity contribution >= 4 is 17.3 Å². The van der Waals surface area contributed by atoms with Crippen LogP contribution in [0.5, 0.6) is 0 Å². The van der Waals surface area contributed by atoms with Crippen LogP contribution in [0.25, 0.3) is 0 Å². The molecule has 0 aliphatic rings. The van der Waals surface area contributed by atoms with Gasteiger partial charge in [-0.05, 0) is 13.8 Å². The van der Waals surface area contributed by atoms with Crippen molar-refractivity contribution in [3.8, 4) is 0 Å². The van der Waals surface area contributed by atoms with E-state index in [1.54, 1.807) is 0 Å². The second kappa shape index (κ2) is 5.48. The molecule has 1 heterocycles. The predicted molar refractivity (Wildman–Crippen MR) is 69.2 cm³/mol. The maximum absolute atomic E-state index is 5.94. The highest BCUT2D eigenvalue weighted by Crippen LogP contribution is 2.22. The van der Waals surface area contributed by atoms with E-state index in [0.717, 1.165) is 17.2 Å². The van der Waals surface area contributed by atoms with Gasteiger partial charge in [-0.25, -0.2) is 9.97 Å². The summed E-state index contributed by atoms with van der Waals surface area (Å²) in [6, 6.07) is 0.412. The lowest BCUT2D eigenvalue weighted by Crippen LogP contribution is -2.27. The van der Waals surface area contributed by atoms with E-state index in [1.165, 1.54) is 0 Å². The standard InChI is InChI=1S/C12H20ClN3/c1-8(2)12-14-7-11(10(6-13)15-12)16(5)9(3)4/h7-9H,6H2,1-5H3. The third-order valence-corrected chi connectivity index (χ3v) is 2.91. The number of alkyl halides is 1. The van der Waals surface area contributed by atoms with Crippen LogP contribution in [0.15, 0.2) is 6.20 Å². The Morgan fingerprint density at radius 3 is 2.38 bits per heavy atom. The lowest BCUT2D eigenvalue weighted by atomic mass is 10.2. The minimum Gasteiger partial charge on any atom is -0.369 e. The van der Waals surface area contributed by atoms with E-state index in [-0.39, 0.29) is 0 Å². The van der Waals surface area contributed by atoms with Crippen LogP contribution in [0, 0.1) is 0 Å². The summed E-state index contributed by atoms with van der Waals surface area (Å²) in [7, 11) is 2.04. The summed E-state index contributed by atoms with van der Waals surface area (Å²) in [5.74, 6) is 1.62. The molecule has 0 saturated carbocycles. The van der Waals surface area contributed by atoms with Crippen molar-refractivity contribution in [3.63, 3.8) is 0 Å². The van der Waals surface area contributed by atoms with Crippen molar-refractivity contribution in [2.24, 2.45) is 0 Å². The Hall–Kier alpha value is -0.830. The Bertz CT molecular complexity index is 350. The summed E-state index contributed by atoms with van der Waals surface area (Å²) in [4.78, 5) is 11.0. The van der Waals surface area contributed by atoms with Gasteiger partial charge >= 0.3 is 0 Å². The molecule has 0 amide bonds. The number of hydrogen-bond donors (Lipinski definition) is 0. The van der Waals surface area contributed by atoms with Crippen LogP contribution in [-0.2, 0) is 5.88 Å². The van der Waals surface area contributed by atoms with Gasteiger partial charge < -0.3 is 4.90 Å². The van der Waals surface area contributed by atoms with Crippen LogP contribution in [0.1, 0.15) is 45.1 Å². The first-order chi connectivity index (χ1) is 7.47. The topological polar surface area (TPSA) is 29.0 Å². The summed E-state index contributed by atoms with van der Waals surface area (Å²) in [6.45, 7) is 8.43. The Morgan fingerprint density at radius 1 is 1.31 bits per heavy atom. The maximum atomic E-state index is 5.94. The van der Waals surface area contributed by atoms with E-state index in [2.05, 4.69) is 42.6 Å². The quantitative estimate of drug-likeness (QED) is 0.759. The molecule has 1 rings (SSSR count). The molecule has 0 fully saturated rings. The number of anilines is 1. The molecule has 0 N–H and O–H groups in total. The second-order valence-electron chi connectivity index (χ2n) is 4.55. The Morgan fingerprint density at radius 2 is 1.94 bits per heavy atom. The SMILES string of the molecule is CC(C)c1ncc(N(C)C(C)C)c(CCl)n1. The van der Waals surface area contributed by atoms with Crippen LogP contribution in [0.4, 0.5) is 5.69 Å². The number of nitrogens with zero attached hydrogens (tertiary/aromatic N) is 3. The predicted octanol–water partition coefficient (Wildman–Crippen LogP) is 3.18. The van der Waals surface area contributed by atoms with Crippen molar-refractivity contribution in [1.82, 2.24) is 9.97 Å². The van der Waals surface area contributed by atoms with Gasteiger partial charge in [0.05, 0.1) is 23.5 Å². The van der Waals surface area contributed by atoms with Crippen LogP contribution < -0.4 is 4.90 Å². The van der Waals surface area contributed by atoms with E-state index in [0.29, 0.717) is 17.8 Å². The van der Waals surface area contributed by atoms with E-state index < -0.39 is 0 Å². The number of aromatic nitrogens is 2. The summed E-state index contributed by atoms with van der Waals surface area (Å²) in [5, 5.41) is 0. The van der Waals surface area contributed by atoms with Crippen molar-refractivity contribution in [3.05, 3.63) is 17.7 Å². The molecule has 0 aliphatic heterocycles. The Labute approximate surface area is 103 Å². The molecule has 4 heteroatoms. The molecule has 0 saturated heterocycles. The van der Waals surface area contributed by atoms with Crippen molar-refractivity contribution in [2.45, 2.75) is 45.5 Å². The van der Waals surface area contributed by atoms with Crippen LogP contribution >= 0.6 is 11.6 Å². The van der Waals surface area contributed by atoms with Gasteiger partial charge in [0, 0.05) is 19.0 Å². The zero-order valence-electron chi connectivity index (χ0n) is 10.7. The third-order valence-electron chi connectivity index (χ3n) is 2.66. The molecule has 0 radical (unpaired) electrons. The zero-order valence-corrected chi connectivity index (χ0v) is 11.4. The van der Waals surface area contributed by atoms with Gasteiger partial charge in [-0.1, -0.05) is 13.8 Å². The van der Waals surface area contributed by atoms with Crippen LogP contribution in [0.2, 0.25) is 0 Å². The first-order valence-electron chi connectivity index (χ1n) is 5.62. The molecule has 1 aromatic rings. The average molecular weight is 242 g/mol. The highest BCUT2D eigenvalue weighted by Gasteiger charge is 2.13. The largest absolute Gasteiger partial charge is 0.369 e. The lowest BCUT2D eigenvalue weighted by Gasteiger charge is -2.25. The van der Waals surface area contributed by atoms with E-state index in [1.807, 2.05) is 13.2 Å². The Balaban J connectivity index is 3.11. The summed E-state index contributed by atoms with van der Waals surface area (Å²) in [6.07, 6.45) is 1.88. The highest BCUT2D eigenvalue weighted by molar-refractivity contribution is 6.17. The maximum Gasteiger partial charge on any atom is 0.131 e. The van der Waals surface area contributed by atoms with E-state index >= 15 is 0 Å². The summed E-state index contributed by atoms with van der Waals surface area (Å²) in [5.41, 5.74) is 1.94. The van der Waals surface area contributed by atoms with E-state index in [4.69, 9.17) is 11.6 Å². The molecule has 0 aliphatic carbocycles. The van der Waals surface area contributed by atoms with Gasteiger partial charge in [-0.2, -0.15) is 0 Å². The van der Waals surface area contributed by atoms with Crippen LogP contribution in [0.3, 0.4) is 0 Å².